The van der Waals surface area contributed by atoms with Gasteiger partial charge in [-0.15, -0.1) is 13.2 Å². The maximum atomic E-state index is 11.9. The molecule has 0 heterocycles. The Morgan fingerprint density at radius 1 is 1.35 bits per heavy atom. The zero-order chi connectivity index (χ0) is 13.3. The highest BCUT2D eigenvalue weighted by molar-refractivity contribution is 7.90. The Bertz CT molecular complexity index is 511. The van der Waals surface area contributed by atoms with Crippen molar-refractivity contribution < 1.29 is 26.3 Å². The molecule has 1 aromatic rings. The number of nitrogens with two attached hydrogens (primary N) is 1. The first-order chi connectivity index (χ1) is 7.63. The second-order valence-corrected chi connectivity index (χ2v) is 5.28. The van der Waals surface area contributed by atoms with Crippen LogP contribution in [-0.4, -0.2) is 21.0 Å². The van der Waals surface area contributed by atoms with Gasteiger partial charge in [0.2, 0.25) is 0 Å². The third-order valence-corrected chi connectivity index (χ3v) is 3.08. The van der Waals surface area contributed by atoms with Gasteiger partial charge in [0, 0.05) is 12.8 Å². The van der Waals surface area contributed by atoms with Gasteiger partial charge in [-0.3, -0.25) is 0 Å². The summed E-state index contributed by atoms with van der Waals surface area (Å²) in [5, 5.41) is 0. The Kier molecular flexibility index (Phi) is 3.68. The lowest BCUT2D eigenvalue weighted by molar-refractivity contribution is -0.274. The summed E-state index contributed by atoms with van der Waals surface area (Å²) in [4.78, 5) is -0.102. The minimum absolute atomic E-state index is 0.0780. The molecule has 8 heteroatoms. The highest BCUT2D eigenvalue weighted by atomic mass is 32.2. The fourth-order valence-corrected chi connectivity index (χ4v) is 2.21. The van der Waals surface area contributed by atoms with Gasteiger partial charge in [0.25, 0.3) is 0 Å². The lowest BCUT2D eigenvalue weighted by Crippen LogP contribution is -2.17. The number of sulfone groups is 1. The van der Waals surface area contributed by atoms with Crippen molar-refractivity contribution in [2.45, 2.75) is 17.8 Å². The molecule has 0 saturated carbocycles. The third-order valence-electron chi connectivity index (χ3n) is 1.88. The molecular weight excluding hydrogens is 259 g/mol. The lowest BCUT2D eigenvalue weighted by Gasteiger charge is -2.11. The van der Waals surface area contributed by atoms with E-state index in [9.17, 15) is 21.6 Å². The summed E-state index contributed by atoms with van der Waals surface area (Å²) in [6.07, 6.45) is -3.87. The zero-order valence-corrected chi connectivity index (χ0v) is 9.60. The van der Waals surface area contributed by atoms with Crippen LogP contribution in [0.5, 0.6) is 5.75 Å². The molecule has 0 unspecified atom stereocenters. The minimum Gasteiger partial charge on any atom is -0.406 e. The van der Waals surface area contributed by atoms with Gasteiger partial charge in [-0.2, -0.15) is 0 Å². The summed E-state index contributed by atoms with van der Waals surface area (Å²) in [7, 11) is -3.52. The molecule has 0 radical (unpaired) electrons. The SMILES string of the molecule is CS(=O)(=O)c1ccc(OC(F)(F)F)cc1CN. The summed E-state index contributed by atoms with van der Waals surface area (Å²) in [6, 6.07) is 2.94. The number of halogens is 3. The van der Waals surface area contributed by atoms with Gasteiger partial charge >= 0.3 is 6.36 Å². The van der Waals surface area contributed by atoms with E-state index in [4.69, 9.17) is 5.73 Å². The number of alkyl halides is 3. The molecule has 0 aliphatic rings. The van der Waals surface area contributed by atoms with Gasteiger partial charge in [-0.05, 0) is 23.8 Å². The van der Waals surface area contributed by atoms with E-state index in [1.807, 2.05) is 0 Å². The molecule has 96 valence electrons. The molecule has 0 atom stereocenters. The number of ether oxygens (including phenoxy) is 1. The number of benzene rings is 1. The summed E-state index contributed by atoms with van der Waals surface area (Å²) in [5.74, 6) is -0.495. The summed E-state index contributed by atoms with van der Waals surface area (Å²) in [6.45, 7) is -0.197. The van der Waals surface area contributed by atoms with Crippen LogP contribution < -0.4 is 10.5 Å². The van der Waals surface area contributed by atoms with Gasteiger partial charge in [0.05, 0.1) is 4.90 Å². The van der Waals surface area contributed by atoms with Crippen molar-refractivity contribution in [1.29, 1.82) is 0 Å². The van der Waals surface area contributed by atoms with E-state index in [1.165, 1.54) is 0 Å². The van der Waals surface area contributed by atoms with Crippen LogP contribution in [-0.2, 0) is 16.4 Å². The minimum atomic E-state index is -4.82. The second kappa shape index (κ2) is 4.53. The summed E-state index contributed by atoms with van der Waals surface area (Å²) >= 11 is 0. The van der Waals surface area contributed by atoms with Crippen molar-refractivity contribution in [3.8, 4) is 5.75 Å². The molecule has 0 aliphatic carbocycles. The van der Waals surface area contributed by atoms with Gasteiger partial charge < -0.3 is 10.5 Å². The average Bonchev–Trinajstić information content (AvgIpc) is 2.13. The van der Waals surface area contributed by atoms with Gasteiger partial charge in [-0.25, -0.2) is 8.42 Å². The molecule has 1 aromatic carbocycles. The van der Waals surface area contributed by atoms with E-state index in [0.29, 0.717) is 0 Å². The van der Waals surface area contributed by atoms with Crippen LogP contribution >= 0.6 is 0 Å². The van der Waals surface area contributed by atoms with E-state index < -0.39 is 21.9 Å². The molecule has 0 bridgehead atoms. The van der Waals surface area contributed by atoms with Crippen molar-refractivity contribution in [3.63, 3.8) is 0 Å². The van der Waals surface area contributed by atoms with Crippen molar-refractivity contribution in [1.82, 2.24) is 0 Å². The van der Waals surface area contributed by atoms with Crippen LogP contribution in [0.3, 0.4) is 0 Å². The molecule has 17 heavy (non-hydrogen) atoms. The normalized spacial score (nSPS) is 12.5. The van der Waals surface area contributed by atoms with E-state index in [1.54, 1.807) is 0 Å². The van der Waals surface area contributed by atoms with Gasteiger partial charge in [0.15, 0.2) is 9.84 Å². The zero-order valence-electron chi connectivity index (χ0n) is 8.78. The Balaban J connectivity index is 3.19. The first-order valence-electron chi connectivity index (χ1n) is 4.42. The Labute approximate surface area is 96.1 Å². The molecule has 0 aliphatic heterocycles. The topological polar surface area (TPSA) is 69.4 Å². The van der Waals surface area contributed by atoms with Crippen LogP contribution in [0.25, 0.3) is 0 Å². The lowest BCUT2D eigenvalue weighted by atomic mass is 10.2. The van der Waals surface area contributed by atoms with Crippen molar-refractivity contribution in [2.75, 3.05) is 6.26 Å². The van der Waals surface area contributed by atoms with E-state index >= 15 is 0 Å². The number of hydrogen-bond acceptors (Lipinski definition) is 4. The standard InChI is InChI=1S/C9H10F3NO3S/c1-17(14,15)8-3-2-7(4-6(8)5-13)16-9(10,11)12/h2-4H,5,13H2,1H3. The maximum Gasteiger partial charge on any atom is 0.573 e. The monoisotopic (exact) mass is 269 g/mol. The van der Waals surface area contributed by atoms with Crippen LogP contribution in [0.2, 0.25) is 0 Å². The van der Waals surface area contributed by atoms with Gasteiger partial charge in [0.1, 0.15) is 5.75 Å². The van der Waals surface area contributed by atoms with Gasteiger partial charge in [-0.1, -0.05) is 0 Å². The molecule has 0 spiro atoms. The summed E-state index contributed by atoms with van der Waals surface area (Å²) in [5.41, 5.74) is 5.36. The van der Waals surface area contributed by atoms with E-state index in [2.05, 4.69) is 4.74 Å². The smallest absolute Gasteiger partial charge is 0.406 e. The first kappa shape index (κ1) is 13.8. The van der Waals surface area contributed by atoms with Crippen molar-refractivity contribution in [2.24, 2.45) is 5.73 Å². The Morgan fingerprint density at radius 2 is 1.94 bits per heavy atom. The second-order valence-electron chi connectivity index (χ2n) is 3.29. The van der Waals surface area contributed by atoms with Crippen LogP contribution in [0.15, 0.2) is 23.1 Å². The largest absolute Gasteiger partial charge is 0.573 e. The Hall–Kier alpha value is -1.28. The highest BCUT2D eigenvalue weighted by Gasteiger charge is 2.31. The third kappa shape index (κ3) is 3.90. The van der Waals surface area contributed by atoms with Crippen LogP contribution in [0.4, 0.5) is 13.2 Å². The molecule has 1 rings (SSSR count). The average molecular weight is 269 g/mol. The summed E-state index contributed by atoms with van der Waals surface area (Å²) < 4.78 is 62.1. The number of rotatable bonds is 3. The Morgan fingerprint density at radius 3 is 2.35 bits per heavy atom. The van der Waals surface area contributed by atoms with E-state index in [-0.39, 0.29) is 17.0 Å². The predicted octanol–water partition coefficient (Wildman–Crippen LogP) is 1.45. The molecule has 0 amide bonds. The van der Waals surface area contributed by atoms with Crippen molar-refractivity contribution in [3.05, 3.63) is 23.8 Å². The van der Waals surface area contributed by atoms with Crippen LogP contribution in [0, 0.1) is 0 Å². The number of hydrogen-bond donors (Lipinski definition) is 1. The first-order valence-corrected chi connectivity index (χ1v) is 6.31. The molecular formula is C9H10F3NO3S. The molecule has 4 nitrogen and oxygen atoms in total. The fourth-order valence-electron chi connectivity index (χ4n) is 1.27. The van der Waals surface area contributed by atoms with Crippen LogP contribution in [0.1, 0.15) is 5.56 Å². The quantitative estimate of drug-likeness (QED) is 0.901. The predicted molar refractivity (Wildman–Crippen MR) is 54.1 cm³/mol. The molecule has 0 saturated heterocycles. The molecule has 0 fully saturated rings. The highest BCUT2D eigenvalue weighted by Crippen LogP contribution is 2.26. The van der Waals surface area contributed by atoms with Crippen molar-refractivity contribution >= 4 is 9.84 Å². The fraction of sp³-hybridized carbons (Fsp3) is 0.333. The molecule has 2 N–H and O–H groups in total. The van der Waals surface area contributed by atoms with E-state index in [0.717, 1.165) is 24.5 Å². The molecule has 0 aromatic heterocycles. The maximum absolute atomic E-state index is 11.9.